The van der Waals surface area contributed by atoms with Crippen LogP contribution in [0.5, 0.6) is 11.5 Å². The second kappa shape index (κ2) is 6.40. The zero-order valence-electron chi connectivity index (χ0n) is 13.0. The fourth-order valence-electron chi connectivity index (χ4n) is 2.44. The van der Waals surface area contributed by atoms with Gasteiger partial charge in [-0.2, -0.15) is 0 Å². The molecule has 0 amide bonds. The molecule has 0 saturated carbocycles. The smallest absolute Gasteiger partial charge is 0.186 e. The van der Waals surface area contributed by atoms with Crippen LogP contribution < -0.4 is 9.47 Å². The summed E-state index contributed by atoms with van der Waals surface area (Å²) < 4.78 is 10.4. The Bertz CT molecular complexity index is 855. The molecule has 0 bridgehead atoms. The van der Waals surface area contributed by atoms with Gasteiger partial charge in [-0.15, -0.1) is 0 Å². The third-order valence-electron chi connectivity index (χ3n) is 3.67. The Morgan fingerprint density at radius 3 is 2.43 bits per heavy atom. The summed E-state index contributed by atoms with van der Waals surface area (Å²) in [6.45, 7) is 0. The topological polar surface area (TPSA) is 51.3 Å². The number of carbonyl (C=O) groups excluding carboxylic acids is 1. The van der Waals surface area contributed by atoms with Crippen LogP contribution >= 0.6 is 0 Å². The zero-order chi connectivity index (χ0) is 16.2. The molecule has 0 aliphatic carbocycles. The maximum atomic E-state index is 12.4. The molecule has 0 aliphatic rings. The van der Waals surface area contributed by atoms with Crippen molar-refractivity contribution in [2.75, 3.05) is 14.2 Å². The summed E-state index contributed by atoms with van der Waals surface area (Å²) in [5, 5.41) is 1.08. The Kier molecular flexibility index (Phi) is 4.15. The highest BCUT2D eigenvalue weighted by atomic mass is 16.5. The van der Waals surface area contributed by atoms with Gasteiger partial charge in [-0.25, -0.2) is 0 Å². The van der Waals surface area contributed by atoms with Gasteiger partial charge in [0.15, 0.2) is 5.78 Å². The predicted molar refractivity (Wildman–Crippen MR) is 91.2 cm³/mol. The maximum absolute atomic E-state index is 12.4. The van der Waals surface area contributed by atoms with Crippen molar-refractivity contribution in [3.8, 4) is 11.5 Å². The lowest BCUT2D eigenvalue weighted by molar-refractivity contribution is 0.104. The van der Waals surface area contributed by atoms with E-state index in [-0.39, 0.29) is 5.78 Å². The van der Waals surface area contributed by atoms with Crippen LogP contribution in [0.25, 0.3) is 17.0 Å². The molecule has 0 fully saturated rings. The number of rotatable bonds is 5. The molecule has 3 aromatic rings. The molecule has 0 saturated heterocycles. The van der Waals surface area contributed by atoms with Crippen molar-refractivity contribution in [2.24, 2.45) is 0 Å². The molecule has 4 heteroatoms. The number of ketones is 1. The van der Waals surface area contributed by atoms with Crippen molar-refractivity contribution in [3.05, 3.63) is 65.9 Å². The van der Waals surface area contributed by atoms with Gasteiger partial charge in [0.25, 0.3) is 0 Å². The molecule has 0 unspecified atom stereocenters. The standard InChI is InChI=1S/C19H17NO3/c1-22-15-9-14(10-16(11-15)23-2)19(21)8-7-13-12-20-18-6-4-3-5-17(13)18/h3-12,20H,1-2H3/b8-7+. The first kappa shape index (κ1) is 14.9. The first-order valence-electron chi connectivity index (χ1n) is 7.23. The Morgan fingerprint density at radius 2 is 1.74 bits per heavy atom. The summed E-state index contributed by atoms with van der Waals surface area (Å²) in [5.41, 5.74) is 2.55. The SMILES string of the molecule is COc1cc(OC)cc(C(=O)/C=C/c2c[nH]c3ccccc23)c1. The van der Waals surface area contributed by atoms with Crippen LogP contribution in [0.4, 0.5) is 0 Å². The number of carbonyl (C=O) groups is 1. The fourth-order valence-corrected chi connectivity index (χ4v) is 2.44. The lowest BCUT2D eigenvalue weighted by Gasteiger charge is -2.06. The molecule has 1 N–H and O–H groups in total. The normalized spacial score (nSPS) is 11.0. The zero-order valence-corrected chi connectivity index (χ0v) is 13.0. The van der Waals surface area contributed by atoms with E-state index in [2.05, 4.69) is 4.98 Å². The first-order valence-corrected chi connectivity index (χ1v) is 7.23. The van der Waals surface area contributed by atoms with E-state index < -0.39 is 0 Å². The van der Waals surface area contributed by atoms with E-state index in [9.17, 15) is 4.79 Å². The molecule has 0 spiro atoms. The van der Waals surface area contributed by atoms with Gasteiger partial charge in [-0.3, -0.25) is 4.79 Å². The van der Waals surface area contributed by atoms with Crippen LogP contribution in [-0.4, -0.2) is 25.0 Å². The molecule has 2 aromatic carbocycles. The van der Waals surface area contributed by atoms with E-state index in [1.54, 1.807) is 38.5 Å². The number of ether oxygens (including phenoxy) is 2. The van der Waals surface area contributed by atoms with Crippen LogP contribution in [0.3, 0.4) is 0 Å². The maximum Gasteiger partial charge on any atom is 0.186 e. The minimum atomic E-state index is -0.104. The summed E-state index contributed by atoms with van der Waals surface area (Å²) in [7, 11) is 3.12. The second-order valence-electron chi connectivity index (χ2n) is 5.09. The molecule has 3 rings (SSSR count). The number of H-pyrrole nitrogens is 1. The van der Waals surface area contributed by atoms with Gasteiger partial charge < -0.3 is 14.5 Å². The Hall–Kier alpha value is -3.01. The highest BCUT2D eigenvalue weighted by molar-refractivity contribution is 6.08. The molecular formula is C19H17NO3. The molecule has 1 heterocycles. The van der Waals surface area contributed by atoms with E-state index in [1.807, 2.05) is 36.5 Å². The summed E-state index contributed by atoms with van der Waals surface area (Å²) >= 11 is 0. The molecule has 4 nitrogen and oxygen atoms in total. The Balaban J connectivity index is 1.89. The largest absolute Gasteiger partial charge is 0.497 e. The Labute approximate surface area is 134 Å². The summed E-state index contributed by atoms with van der Waals surface area (Å²) in [5.74, 6) is 1.08. The lowest BCUT2D eigenvalue weighted by Crippen LogP contribution is -1.97. The first-order chi connectivity index (χ1) is 11.2. The molecule has 1 aromatic heterocycles. The number of aromatic nitrogens is 1. The van der Waals surface area contributed by atoms with E-state index in [1.165, 1.54) is 0 Å². The quantitative estimate of drug-likeness (QED) is 0.571. The third-order valence-corrected chi connectivity index (χ3v) is 3.67. The van der Waals surface area contributed by atoms with E-state index in [0.717, 1.165) is 16.5 Å². The molecular weight excluding hydrogens is 290 g/mol. The number of hydrogen-bond acceptors (Lipinski definition) is 3. The molecule has 23 heavy (non-hydrogen) atoms. The average Bonchev–Trinajstić information content (AvgIpc) is 3.02. The molecule has 116 valence electrons. The highest BCUT2D eigenvalue weighted by Gasteiger charge is 2.08. The molecule has 0 aliphatic heterocycles. The van der Waals surface area contributed by atoms with Crippen molar-refractivity contribution in [3.63, 3.8) is 0 Å². The molecule has 0 atom stereocenters. The van der Waals surface area contributed by atoms with Crippen molar-refractivity contribution < 1.29 is 14.3 Å². The van der Waals surface area contributed by atoms with Crippen LogP contribution in [0, 0.1) is 0 Å². The number of methoxy groups -OCH3 is 2. The van der Waals surface area contributed by atoms with Crippen molar-refractivity contribution in [2.45, 2.75) is 0 Å². The second-order valence-corrected chi connectivity index (χ2v) is 5.09. The number of aromatic amines is 1. The van der Waals surface area contributed by atoms with Gasteiger partial charge in [0.1, 0.15) is 11.5 Å². The van der Waals surface area contributed by atoms with E-state index in [0.29, 0.717) is 17.1 Å². The van der Waals surface area contributed by atoms with Gasteiger partial charge in [-0.1, -0.05) is 18.2 Å². The van der Waals surface area contributed by atoms with Gasteiger partial charge >= 0.3 is 0 Å². The van der Waals surface area contributed by atoms with Crippen LogP contribution in [0.2, 0.25) is 0 Å². The van der Waals surface area contributed by atoms with Gasteiger partial charge in [-0.05, 0) is 35.9 Å². The monoisotopic (exact) mass is 307 g/mol. The molecule has 0 radical (unpaired) electrons. The van der Waals surface area contributed by atoms with E-state index in [4.69, 9.17) is 9.47 Å². The predicted octanol–water partition coefficient (Wildman–Crippen LogP) is 4.08. The number of benzene rings is 2. The summed E-state index contributed by atoms with van der Waals surface area (Å²) in [4.78, 5) is 15.6. The summed E-state index contributed by atoms with van der Waals surface area (Å²) in [6.07, 6.45) is 5.26. The van der Waals surface area contributed by atoms with Crippen molar-refractivity contribution >= 4 is 22.8 Å². The average molecular weight is 307 g/mol. The number of fused-ring (bicyclic) bond motifs is 1. The van der Waals surface area contributed by atoms with Gasteiger partial charge in [0.2, 0.25) is 0 Å². The van der Waals surface area contributed by atoms with E-state index >= 15 is 0 Å². The van der Waals surface area contributed by atoms with Gasteiger partial charge in [0, 0.05) is 28.7 Å². The fraction of sp³-hybridized carbons (Fsp3) is 0.105. The lowest BCUT2D eigenvalue weighted by atomic mass is 10.1. The minimum Gasteiger partial charge on any atom is -0.497 e. The summed E-state index contributed by atoms with van der Waals surface area (Å²) in [6, 6.07) is 13.1. The number of hydrogen-bond donors (Lipinski definition) is 1. The minimum absolute atomic E-state index is 0.104. The van der Waals surface area contributed by atoms with Crippen molar-refractivity contribution in [1.82, 2.24) is 4.98 Å². The number of para-hydroxylation sites is 1. The number of allylic oxidation sites excluding steroid dienone is 1. The third kappa shape index (κ3) is 3.11. The highest BCUT2D eigenvalue weighted by Crippen LogP contribution is 2.24. The van der Waals surface area contributed by atoms with Crippen molar-refractivity contribution in [1.29, 1.82) is 0 Å². The van der Waals surface area contributed by atoms with Crippen LogP contribution in [0.1, 0.15) is 15.9 Å². The number of nitrogens with one attached hydrogen (secondary N) is 1. The Morgan fingerprint density at radius 1 is 1.04 bits per heavy atom. The van der Waals surface area contributed by atoms with Crippen LogP contribution in [0.15, 0.2) is 54.7 Å². The van der Waals surface area contributed by atoms with Crippen LogP contribution in [-0.2, 0) is 0 Å². The van der Waals surface area contributed by atoms with Gasteiger partial charge in [0.05, 0.1) is 14.2 Å².